The van der Waals surface area contributed by atoms with Crippen molar-refractivity contribution in [1.82, 2.24) is 9.78 Å². The number of nitrogens with two attached hydrogens (primary N) is 1. The molecule has 0 aliphatic rings. The van der Waals surface area contributed by atoms with Crippen LogP contribution in [0.1, 0.15) is 10.4 Å². The van der Waals surface area contributed by atoms with Gasteiger partial charge in [-0.15, -0.1) is 0 Å². The van der Waals surface area contributed by atoms with Crippen molar-refractivity contribution in [3.8, 4) is 5.69 Å². The summed E-state index contributed by atoms with van der Waals surface area (Å²) in [7, 11) is 0. The van der Waals surface area contributed by atoms with E-state index in [4.69, 9.17) is 22.4 Å². The van der Waals surface area contributed by atoms with Gasteiger partial charge in [0.15, 0.2) is 0 Å². The molecule has 0 spiro atoms. The van der Waals surface area contributed by atoms with Gasteiger partial charge in [0.05, 0.1) is 22.5 Å². The lowest BCUT2D eigenvalue weighted by Gasteiger charge is -2.06. The van der Waals surface area contributed by atoms with Crippen molar-refractivity contribution in [2.24, 2.45) is 0 Å². The van der Waals surface area contributed by atoms with Gasteiger partial charge in [0, 0.05) is 11.9 Å². The molecule has 6 heteroatoms. The van der Waals surface area contributed by atoms with Gasteiger partial charge in [-0.3, -0.25) is 0 Å². The largest absolute Gasteiger partial charge is 0.478 e. The smallest absolute Gasteiger partial charge is 0.337 e. The standard InChI is InChI=1S/C10H8ClN3O2/c11-6-4-13-14(5-6)9-2-1-7(12)3-8(9)10(15)16/h1-5H,12H2,(H,15,16). The Hall–Kier alpha value is -2.01. The third-order valence-electron chi connectivity index (χ3n) is 2.05. The summed E-state index contributed by atoms with van der Waals surface area (Å²) in [5, 5.41) is 13.4. The molecule has 5 nitrogen and oxygen atoms in total. The number of carboxylic acid groups (broad SMARTS) is 1. The first kappa shape index (κ1) is 10.5. The van der Waals surface area contributed by atoms with E-state index >= 15 is 0 Å². The first-order valence-electron chi connectivity index (χ1n) is 4.41. The van der Waals surface area contributed by atoms with Crippen LogP contribution in [0.25, 0.3) is 5.69 Å². The number of aromatic nitrogens is 2. The van der Waals surface area contributed by atoms with Crippen LogP contribution in [0.15, 0.2) is 30.6 Å². The molecule has 2 rings (SSSR count). The molecular formula is C10H8ClN3O2. The predicted octanol–water partition coefficient (Wildman–Crippen LogP) is 1.81. The SMILES string of the molecule is Nc1ccc(-n2cc(Cl)cn2)c(C(=O)O)c1. The van der Waals surface area contributed by atoms with Gasteiger partial charge in [0.25, 0.3) is 0 Å². The van der Waals surface area contributed by atoms with Crippen LogP contribution in [-0.4, -0.2) is 20.9 Å². The van der Waals surface area contributed by atoms with Gasteiger partial charge in [0.1, 0.15) is 0 Å². The summed E-state index contributed by atoms with van der Waals surface area (Å²) in [6, 6.07) is 4.58. The zero-order valence-corrected chi connectivity index (χ0v) is 8.85. The van der Waals surface area contributed by atoms with Crippen LogP contribution < -0.4 is 5.73 Å². The topological polar surface area (TPSA) is 81.1 Å². The van der Waals surface area contributed by atoms with Gasteiger partial charge in [0.2, 0.25) is 0 Å². The number of aromatic carboxylic acids is 1. The summed E-state index contributed by atoms with van der Waals surface area (Å²) < 4.78 is 1.39. The fraction of sp³-hybridized carbons (Fsp3) is 0. The maximum absolute atomic E-state index is 11.0. The molecule has 1 aromatic carbocycles. The number of nitrogens with zero attached hydrogens (tertiary/aromatic N) is 2. The van der Waals surface area contributed by atoms with Crippen LogP contribution >= 0.6 is 11.6 Å². The maximum atomic E-state index is 11.0. The molecular weight excluding hydrogens is 230 g/mol. The van der Waals surface area contributed by atoms with Gasteiger partial charge in [-0.2, -0.15) is 5.10 Å². The third kappa shape index (κ3) is 1.85. The van der Waals surface area contributed by atoms with E-state index in [0.717, 1.165) is 0 Å². The Morgan fingerprint density at radius 2 is 2.25 bits per heavy atom. The quantitative estimate of drug-likeness (QED) is 0.781. The number of rotatable bonds is 2. The Bertz CT molecular complexity index is 551. The zero-order chi connectivity index (χ0) is 11.7. The molecule has 2 aromatic rings. The highest BCUT2D eigenvalue weighted by Gasteiger charge is 2.12. The normalized spacial score (nSPS) is 10.3. The Kier molecular flexibility index (Phi) is 2.54. The first-order valence-corrected chi connectivity index (χ1v) is 4.79. The van der Waals surface area contributed by atoms with E-state index in [0.29, 0.717) is 16.4 Å². The molecule has 0 unspecified atom stereocenters. The van der Waals surface area contributed by atoms with E-state index in [1.165, 1.54) is 23.1 Å². The predicted molar refractivity (Wildman–Crippen MR) is 59.9 cm³/mol. The number of carbonyl (C=O) groups is 1. The van der Waals surface area contributed by atoms with Crippen LogP contribution in [0.5, 0.6) is 0 Å². The lowest BCUT2D eigenvalue weighted by molar-refractivity contribution is 0.0697. The Balaban J connectivity index is 2.60. The van der Waals surface area contributed by atoms with Crippen LogP contribution in [0.3, 0.4) is 0 Å². The summed E-state index contributed by atoms with van der Waals surface area (Å²) in [6.45, 7) is 0. The van der Waals surface area contributed by atoms with Crippen molar-refractivity contribution < 1.29 is 9.90 Å². The molecule has 0 fully saturated rings. The zero-order valence-electron chi connectivity index (χ0n) is 8.09. The van der Waals surface area contributed by atoms with Crippen molar-refractivity contribution in [3.05, 3.63) is 41.2 Å². The molecule has 82 valence electrons. The molecule has 16 heavy (non-hydrogen) atoms. The number of halogens is 1. The Morgan fingerprint density at radius 1 is 1.50 bits per heavy atom. The van der Waals surface area contributed by atoms with Gasteiger partial charge in [-0.25, -0.2) is 9.48 Å². The summed E-state index contributed by atoms with van der Waals surface area (Å²) in [5.41, 5.74) is 6.43. The van der Waals surface area contributed by atoms with Crippen molar-refractivity contribution in [1.29, 1.82) is 0 Å². The molecule has 3 N–H and O–H groups in total. The average Bonchev–Trinajstić information content (AvgIpc) is 2.64. The van der Waals surface area contributed by atoms with E-state index in [2.05, 4.69) is 5.10 Å². The second-order valence-corrected chi connectivity index (χ2v) is 3.62. The van der Waals surface area contributed by atoms with Crippen LogP contribution in [0.2, 0.25) is 5.02 Å². The molecule has 0 saturated heterocycles. The molecule has 1 aromatic heterocycles. The van der Waals surface area contributed by atoms with Crippen LogP contribution in [-0.2, 0) is 0 Å². The minimum Gasteiger partial charge on any atom is -0.478 e. The van der Waals surface area contributed by atoms with E-state index in [1.807, 2.05) is 0 Å². The molecule has 0 amide bonds. The van der Waals surface area contributed by atoms with Gasteiger partial charge < -0.3 is 10.8 Å². The van der Waals surface area contributed by atoms with Crippen LogP contribution in [0.4, 0.5) is 5.69 Å². The molecule has 0 bridgehead atoms. The number of carboxylic acids is 1. The third-order valence-corrected chi connectivity index (χ3v) is 2.24. The van der Waals surface area contributed by atoms with Crippen molar-refractivity contribution in [3.63, 3.8) is 0 Å². The van der Waals surface area contributed by atoms with E-state index in [-0.39, 0.29) is 5.56 Å². The summed E-state index contributed by atoms with van der Waals surface area (Å²) >= 11 is 5.72. The monoisotopic (exact) mass is 237 g/mol. The van der Waals surface area contributed by atoms with Gasteiger partial charge in [-0.05, 0) is 18.2 Å². The van der Waals surface area contributed by atoms with E-state index in [9.17, 15) is 4.79 Å². The lowest BCUT2D eigenvalue weighted by atomic mass is 10.1. The molecule has 0 saturated carbocycles. The minimum absolute atomic E-state index is 0.0831. The number of benzene rings is 1. The molecule has 0 atom stereocenters. The van der Waals surface area contributed by atoms with Crippen LogP contribution in [0, 0.1) is 0 Å². The van der Waals surface area contributed by atoms with E-state index in [1.54, 1.807) is 12.1 Å². The van der Waals surface area contributed by atoms with Gasteiger partial charge in [-0.1, -0.05) is 11.6 Å². The fourth-order valence-electron chi connectivity index (χ4n) is 1.36. The number of anilines is 1. The molecule has 0 aliphatic carbocycles. The second-order valence-electron chi connectivity index (χ2n) is 3.18. The Morgan fingerprint density at radius 3 is 2.81 bits per heavy atom. The number of hydrogen-bond acceptors (Lipinski definition) is 3. The number of nitrogen functional groups attached to an aromatic ring is 1. The van der Waals surface area contributed by atoms with E-state index < -0.39 is 5.97 Å². The lowest BCUT2D eigenvalue weighted by Crippen LogP contribution is -2.06. The summed E-state index contributed by atoms with van der Waals surface area (Å²) in [6.07, 6.45) is 2.96. The summed E-state index contributed by atoms with van der Waals surface area (Å²) in [4.78, 5) is 11.0. The van der Waals surface area contributed by atoms with Crippen molar-refractivity contribution in [2.75, 3.05) is 5.73 Å². The van der Waals surface area contributed by atoms with Gasteiger partial charge >= 0.3 is 5.97 Å². The average molecular weight is 238 g/mol. The summed E-state index contributed by atoms with van der Waals surface area (Å²) in [5.74, 6) is -1.06. The molecule has 0 radical (unpaired) electrons. The minimum atomic E-state index is -1.06. The van der Waals surface area contributed by atoms with Crippen molar-refractivity contribution in [2.45, 2.75) is 0 Å². The highest BCUT2D eigenvalue weighted by atomic mass is 35.5. The van der Waals surface area contributed by atoms with Crippen molar-refractivity contribution >= 4 is 23.3 Å². The fourth-order valence-corrected chi connectivity index (χ4v) is 1.49. The highest BCUT2D eigenvalue weighted by Crippen LogP contribution is 2.19. The maximum Gasteiger partial charge on any atom is 0.337 e. The highest BCUT2D eigenvalue weighted by molar-refractivity contribution is 6.30. The second kappa shape index (κ2) is 3.86. The molecule has 1 heterocycles. The molecule has 0 aliphatic heterocycles. The number of hydrogen-bond donors (Lipinski definition) is 2. The first-order chi connectivity index (χ1) is 7.58. The Labute approximate surface area is 96.1 Å².